The van der Waals surface area contributed by atoms with Gasteiger partial charge < -0.3 is 10.0 Å². The van der Waals surface area contributed by atoms with Crippen molar-refractivity contribution in [1.82, 2.24) is 4.90 Å². The summed E-state index contributed by atoms with van der Waals surface area (Å²) in [5.74, 6) is -0.147. The summed E-state index contributed by atoms with van der Waals surface area (Å²) >= 11 is 0. The highest BCUT2D eigenvalue weighted by atomic mass is 16.4. The highest BCUT2D eigenvalue weighted by molar-refractivity contribution is 5.85. The van der Waals surface area contributed by atoms with Crippen molar-refractivity contribution in [3.05, 3.63) is 0 Å². The van der Waals surface area contributed by atoms with E-state index in [1.165, 1.54) is 32.1 Å². The second-order valence-corrected chi connectivity index (χ2v) is 7.10. The molecule has 4 nitrogen and oxygen atoms in total. The average Bonchev–Trinajstić information content (AvgIpc) is 2.49. The quantitative estimate of drug-likeness (QED) is 0.845. The SMILES string of the molecule is CN(CC1CCCCC1)C(=O)CC1(C(=O)O)CCCCC1. The maximum Gasteiger partial charge on any atom is 0.310 e. The summed E-state index contributed by atoms with van der Waals surface area (Å²) in [6.07, 6.45) is 10.7. The standard InChI is InChI=1S/C17H29NO3/c1-18(13-14-8-4-2-5-9-14)15(19)12-17(16(20)21)10-6-3-7-11-17/h14H,2-13H2,1H3,(H,20,21). The van der Waals surface area contributed by atoms with Crippen LogP contribution >= 0.6 is 0 Å². The fourth-order valence-electron chi connectivity index (χ4n) is 3.98. The van der Waals surface area contributed by atoms with Crippen LogP contribution in [0.4, 0.5) is 0 Å². The van der Waals surface area contributed by atoms with Crippen LogP contribution in [0.3, 0.4) is 0 Å². The molecular weight excluding hydrogens is 266 g/mol. The van der Waals surface area contributed by atoms with Crippen molar-refractivity contribution in [2.75, 3.05) is 13.6 Å². The van der Waals surface area contributed by atoms with Crippen molar-refractivity contribution >= 4 is 11.9 Å². The lowest BCUT2D eigenvalue weighted by Gasteiger charge is -2.34. The molecule has 0 saturated heterocycles. The molecule has 4 heteroatoms. The summed E-state index contributed by atoms with van der Waals surface area (Å²) in [5.41, 5.74) is -0.795. The first-order chi connectivity index (χ1) is 10.0. The Labute approximate surface area is 127 Å². The number of carboxylic acids is 1. The number of nitrogens with zero attached hydrogens (tertiary/aromatic N) is 1. The van der Waals surface area contributed by atoms with Gasteiger partial charge in [-0.05, 0) is 31.6 Å². The van der Waals surface area contributed by atoms with Crippen LogP contribution in [0.25, 0.3) is 0 Å². The second-order valence-electron chi connectivity index (χ2n) is 7.10. The molecule has 2 aliphatic rings. The molecule has 1 N–H and O–H groups in total. The molecule has 0 atom stereocenters. The van der Waals surface area contributed by atoms with Gasteiger partial charge in [0.1, 0.15) is 0 Å². The molecule has 0 aromatic heterocycles. The normalized spacial score (nSPS) is 22.7. The van der Waals surface area contributed by atoms with Crippen molar-refractivity contribution < 1.29 is 14.7 Å². The molecule has 2 rings (SSSR count). The zero-order valence-electron chi connectivity index (χ0n) is 13.3. The molecule has 0 aromatic carbocycles. The van der Waals surface area contributed by atoms with Crippen LogP contribution in [0.5, 0.6) is 0 Å². The zero-order valence-corrected chi connectivity index (χ0v) is 13.3. The van der Waals surface area contributed by atoms with Gasteiger partial charge in [0.25, 0.3) is 0 Å². The predicted molar refractivity (Wildman–Crippen MR) is 82.0 cm³/mol. The molecule has 120 valence electrons. The lowest BCUT2D eigenvalue weighted by atomic mass is 9.71. The van der Waals surface area contributed by atoms with Gasteiger partial charge in [-0.15, -0.1) is 0 Å². The van der Waals surface area contributed by atoms with Crippen LogP contribution in [0.1, 0.15) is 70.6 Å². The van der Waals surface area contributed by atoms with Gasteiger partial charge in [-0.25, -0.2) is 0 Å². The maximum absolute atomic E-state index is 12.5. The summed E-state index contributed by atoms with van der Waals surface area (Å²) < 4.78 is 0. The monoisotopic (exact) mass is 295 g/mol. The highest BCUT2D eigenvalue weighted by Gasteiger charge is 2.42. The van der Waals surface area contributed by atoms with E-state index in [2.05, 4.69) is 0 Å². The summed E-state index contributed by atoms with van der Waals surface area (Å²) in [4.78, 5) is 25.9. The fraction of sp³-hybridized carbons (Fsp3) is 0.882. The van der Waals surface area contributed by atoms with Gasteiger partial charge in [-0.2, -0.15) is 0 Å². The Morgan fingerprint density at radius 2 is 1.62 bits per heavy atom. The van der Waals surface area contributed by atoms with E-state index in [-0.39, 0.29) is 12.3 Å². The molecule has 2 saturated carbocycles. The minimum Gasteiger partial charge on any atom is -0.481 e. The molecule has 0 spiro atoms. The number of rotatable bonds is 5. The van der Waals surface area contributed by atoms with Crippen molar-refractivity contribution in [2.24, 2.45) is 11.3 Å². The predicted octanol–water partition coefficient (Wildman–Crippen LogP) is 3.45. The van der Waals surface area contributed by atoms with E-state index in [4.69, 9.17) is 0 Å². The van der Waals surface area contributed by atoms with Crippen LogP contribution < -0.4 is 0 Å². The van der Waals surface area contributed by atoms with Crippen molar-refractivity contribution in [3.8, 4) is 0 Å². The number of carboxylic acid groups (broad SMARTS) is 1. The summed E-state index contributed by atoms with van der Waals surface area (Å²) in [7, 11) is 1.84. The minimum absolute atomic E-state index is 0.0184. The van der Waals surface area contributed by atoms with Crippen LogP contribution in [-0.4, -0.2) is 35.5 Å². The minimum atomic E-state index is -0.795. The number of amides is 1. The van der Waals surface area contributed by atoms with Gasteiger partial charge in [-0.3, -0.25) is 9.59 Å². The van der Waals surface area contributed by atoms with Crippen LogP contribution in [-0.2, 0) is 9.59 Å². The second kappa shape index (κ2) is 7.28. The van der Waals surface area contributed by atoms with Gasteiger partial charge in [-0.1, -0.05) is 38.5 Å². The molecule has 1 amide bonds. The third kappa shape index (κ3) is 4.21. The molecule has 0 aliphatic heterocycles. The molecule has 2 aliphatic carbocycles. The smallest absolute Gasteiger partial charge is 0.310 e. The molecule has 2 fully saturated rings. The number of aliphatic carboxylic acids is 1. The first-order valence-corrected chi connectivity index (χ1v) is 8.51. The molecule has 0 radical (unpaired) electrons. The summed E-state index contributed by atoms with van der Waals surface area (Å²) in [6.45, 7) is 0.800. The van der Waals surface area contributed by atoms with E-state index < -0.39 is 11.4 Å². The van der Waals surface area contributed by atoms with Crippen molar-refractivity contribution in [3.63, 3.8) is 0 Å². The third-order valence-electron chi connectivity index (χ3n) is 5.44. The zero-order chi connectivity index (χ0) is 15.3. The fourth-order valence-corrected chi connectivity index (χ4v) is 3.98. The maximum atomic E-state index is 12.5. The average molecular weight is 295 g/mol. The van der Waals surface area contributed by atoms with Gasteiger partial charge in [0, 0.05) is 20.0 Å². The molecule has 0 heterocycles. The molecule has 0 bridgehead atoms. The van der Waals surface area contributed by atoms with Gasteiger partial charge in [0.15, 0.2) is 0 Å². The lowest BCUT2D eigenvalue weighted by Crippen LogP contribution is -2.41. The Bertz CT molecular complexity index is 368. The Balaban J connectivity index is 1.90. The van der Waals surface area contributed by atoms with E-state index in [1.807, 2.05) is 7.05 Å². The highest BCUT2D eigenvalue weighted by Crippen LogP contribution is 2.40. The van der Waals surface area contributed by atoms with Crippen molar-refractivity contribution in [2.45, 2.75) is 70.6 Å². The topological polar surface area (TPSA) is 57.6 Å². The van der Waals surface area contributed by atoms with Crippen molar-refractivity contribution in [1.29, 1.82) is 0 Å². The Hall–Kier alpha value is -1.06. The molecular formula is C17H29NO3. The van der Waals surface area contributed by atoms with E-state index in [1.54, 1.807) is 4.90 Å². The van der Waals surface area contributed by atoms with Crippen LogP contribution in [0.2, 0.25) is 0 Å². The van der Waals surface area contributed by atoms with Gasteiger partial charge in [0.2, 0.25) is 5.91 Å². The van der Waals surface area contributed by atoms with Crippen LogP contribution in [0, 0.1) is 11.3 Å². The Morgan fingerprint density at radius 1 is 1.05 bits per heavy atom. The first-order valence-electron chi connectivity index (χ1n) is 8.51. The Morgan fingerprint density at radius 3 is 2.19 bits per heavy atom. The molecule has 0 unspecified atom stereocenters. The van der Waals surface area contributed by atoms with Crippen LogP contribution in [0.15, 0.2) is 0 Å². The van der Waals surface area contributed by atoms with Gasteiger partial charge >= 0.3 is 5.97 Å². The number of carbonyl (C=O) groups excluding carboxylic acids is 1. The van der Waals surface area contributed by atoms with E-state index >= 15 is 0 Å². The van der Waals surface area contributed by atoms with E-state index in [0.717, 1.165) is 25.8 Å². The molecule has 21 heavy (non-hydrogen) atoms. The van der Waals surface area contributed by atoms with E-state index in [0.29, 0.717) is 18.8 Å². The summed E-state index contributed by atoms with van der Waals surface area (Å²) in [6, 6.07) is 0. The number of hydrogen-bond acceptors (Lipinski definition) is 2. The number of hydrogen-bond donors (Lipinski definition) is 1. The Kier molecular flexibility index (Phi) is 5.65. The first kappa shape index (κ1) is 16.3. The largest absolute Gasteiger partial charge is 0.481 e. The summed E-state index contributed by atoms with van der Waals surface area (Å²) in [5, 5.41) is 9.57. The third-order valence-corrected chi connectivity index (χ3v) is 5.44. The van der Waals surface area contributed by atoms with Gasteiger partial charge in [0.05, 0.1) is 5.41 Å². The number of carbonyl (C=O) groups is 2. The van der Waals surface area contributed by atoms with E-state index in [9.17, 15) is 14.7 Å². The lowest BCUT2D eigenvalue weighted by molar-refractivity contribution is -0.155. The molecule has 0 aromatic rings.